The van der Waals surface area contributed by atoms with Crippen LogP contribution in [0.4, 0.5) is 0 Å². The summed E-state index contributed by atoms with van der Waals surface area (Å²) in [7, 11) is 1.57. The van der Waals surface area contributed by atoms with Gasteiger partial charge in [0.2, 0.25) is 0 Å². The van der Waals surface area contributed by atoms with E-state index in [0.29, 0.717) is 16.9 Å². The molecule has 0 atom stereocenters. The van der Waals surface area contributed by atoms with Gasteiger partial charge in [-0.3, -0.25) is 4.79 Å². The molecule has 98 valence electrons. The van der Waals surface area contributed by atoms with E-state index in [1.807, 2.05) is 37.3 Å². The van der Waals surface area contributed by atoms with Crippen LogP contribution in [0.2, 0.25) is 0 Å². The fraction of sp³-hybridized carbons (Fsp3) is 0.133. The lowest BCUT2D eigenvalue weighted by Gasteiger charge is -2.10. The molecule has 0 unspecified atom stereocenters. The van der Waals surface area contributed by atoms with Crippen molar-refractivity contribution >= 4 is 37.6 Å². The number of halogens is 2. The number of hydrogen-bond acceptors (Lipinski definition) is 2. The van der Waals surface area contributed by atoms with Crippen LogP contribution in [0.3, 0.4) is 0 Å². The number of rotatable bonds is 3. The van der Waals surface area contributed by atoms with Crippen LogP contribution in [-0.2, 0) is 0 Å². The predicted molar refractivity (Wildman–Crippen MR) is 83.0 cm³/mol. The molecule has 0 aliphatic carbocycles. The maximum Gasteiger partial charge on any atom is 0.197 e. The van der Waals surface area contributed by atoms with Gasteiger partial charge in [-0.05, 0) is 53.2 Å². The van der Waals surface area contributed by atoms with E-state index in [2.05, 4.69) is 31.9 Å². The normalized spacial score (nSPS) is 10.3. The van der Waals surface area contributed by atoms with E-state index in [1.54, 1.807) is 13.2 Å². The summed E-state index contributed by atoms with van der Waals surface area (Å²) in [4.78, 5) is 12.6. The number of methoxy groups -OCH3 is 1. The SMILES string of the molecule is COc1ccc(C)cc1C(=O)c1ccc(Br)cc1Br. The third kappa shape index (κ3) is 3.07. The molecule has 0 aliphatic rings. The molecule has 4 heteroatoms. The Kier molecular flexibility index (Phi) is 4.42. The Balaban J connectivity index is 2.52. The summed E-state index contributed by atoms with van der Waals surface area (Å²) < 4.78 is 6.94. The van der Waals surface area contributed by atoms with Crippen LogP contribution < -0.4 is 4.74 Å². The zero-order valence-electron chi connectivity index (χ0n) is 10.5. The van der Waals surface area contributed by atoms with Gasteiger partial charge in [0, 0.05) is 14.5 Å². The number of aryl methyl sites for hydroxylation is 1. The van der Waals surface area contributed by atoms with Crippen molar-refractivity contribution in [2.24, 2.45) is 0 Å². The highest BCUT2D eigenvalue weighted by Gasteiger charge is 2.17. The van der Waals surface area contributed by atoms with E-state index in [0.717, 1.165) is 14.5 Å². The Morgan fingerprint density at radius 3 is 2.42 bits per heavy atom. The standard InChI is InChI=1S/C15H12Br2O2/c1-9-3-6-14(19-2)12(7-9)15(18)11-5-4-10(16)8-13(11)17/h3-8H,1-2H3. The highest BCUT2D eigenvalue weighted by Crippen LogP contribution is 2.28. The van der Waals surface area contributed by atoms with Crippen LogP contribution in [0.15, 0.2) is 45.3 Å². The molecule has 19 heavy (non-hydrogen) atoms. The zero-order chi connectivity index (χ0) is 14.0. The largest absolute Gasteiger partial charge is 0.496 e. The molecule has 0 aromatic heterocycles. The summed E-state index contributed by atoms with van der Waals surface area (Å²) in [5.74, 6) is 0.533. The molecule has 0 spiro atoms. The van der Waals surface area contributed by atoms with E-state index < -0.39 is 0 Å². The van der Waals surface area contributed by atoms with Gasteiger partial charge in [0.1, 0.15) is 5.75 Å². The topological polar surface area (TPSA) is 26.3 Å². The van der Waals surface area contributed by atoms with E-state index in [-0.39, 0.29) is 5.78 Å². The molecule has 2 nitrogen and oxygen atoms in total. The number of hydrogen-bond donors (Lipinski definition) is 0. The van der Waals surface area contributed by atoms with Crippen molar-refractivity contribution in [2.45, 2.75) is 6.92 Å². The molecule has 0 bridgehead atoms. The lowest BCUT2D eigenvalue weighted by molar-refractivity contribution is 0.103. The van der Waals surface area contributed by atoms with Crippen LogP contribution in [-0.4, -0.2) is 12.9 Å². The molecule has 0 amide bonds. The van der Waals surface area contributed by atoms with E-state index in [9.17, 15) is 4.79 Å². The van der Waals surface area contributed by atoms with E-state index in [4.69, 9.17) is 4.74 Å². The molecule has 0 N–H and O–H groups in total. The van der Waals surface area contributed by atoms with Crippen molar-refractivity contribution in [2.75, 3.05) is 7.11 Å². The Morgan fingerprint density at radius 1 is 1.05 bits per heavy atom. The minimum absolute atomic E-state index is 0.0556. The first-order chi connectivity index (χ1) is 9.02. The van der Waals surface area contributed by atoms with Crippen LogP contribution >= 0.6 is 31.9 Å². The van der Waals surface area contributed by atoms with Crippen molar-refractivity contribution < 1.29 is 9.53 Å². The molecule has 2 aromatic carbocycles. The second-order valence-electron chi connectivity index (χ2n) is 4.16. The van der Waals surface area contributed by atoms with Gasteiger partial charge in [-0.2, -0.15) is 0 Å². The average Bonchev–Trinajstić information content (AvgIpc) is 2.38. The van der Waals surface area contributed by atoms with Gasteiger partial charge in [-0.15, -0.1) is 0 Å². The van der Waals surface area contributed by atoms with E-state index >= 15 is 0 Å². The Hall–Kier alpha value is -1.13. The first-order valence-corrected chi connectivity index (χ1v) is 7.26. The first-order valence-electron chi connectivity index (χ1n) is 5.67. The van der Waals surface area contributed by atoms with Gasteiger partial charge in [0.15, 0.2) is 5.78 Å². The molecular weight excluding hydrogens is 372 g/mol. The van der Waals surface area contributed by atoms with Gasteiger partial charge in [0.05, 0.1) is 12.7 Å². The van der Waals surface area contributed by atoms with E-state index in [1.165, 1.54) is 0 Å². The van der Waals surface area contributed by atoms with Crippen LogP contribution in [0.5, 0.6) is 5.75 Å². The fourth-order valence-electron chi connectivity index (χ4n) is 1.82. The summed E-state index contributed by atoms with van der Waals surface area (Å²) >= 11 is 6.79. The summed E-state index contributed by atoms with van der Waals surface area (Å²) in [6.07, 6.45) is 0. The molecular formula is C15H12Br2O2. The van der Waals surface area contributed by atoms with Crippen molar-refractivity contribution in [3.8, 4) is 5.75 Å². The smallest absolute Gasteiger partial charge is 0.197 e. The van der Waals surface area contributed by atoms with Gasteiger partial charge < -0.3 is 4.74 Å². The second-order valence-corrected chi connectivity index (χ2v) is 5.93. The third-order valence-electron chi connectivity index (χ3n) is 2.78. The van der Waals surface area contributed by atoms with Crippen LogP contribution in [0, 0.1) is 6.92 Å². The highest BCUT2D eigenvalue weighted by atomic mass is 79.9. The third-order valence-corrected chi connectivity index (χ3v) is 3.92. The van der Waals surface area contributed by atoms with Crippen molar-refractivity contribution in [3.05, 3.63) is 62.0 Å². The first kappa shape index (κ1) is 14.3. The summed E-state index contributed by atoms with van der Waals surface area (Å²) in [6, 6.07) is 11.1. The molecule has 0 aliphatic heterocycles. The minimum Gasteiger partial charge on any atom is -0.496 e. The summed E-state index contributed by atoms with van der Waals surface area (Å²) in [5.41, 5.74) is 2.22. The average molecular weight is 384 g/mol. The van der Waals surface area contributed by atoms with Crippen LogP contribution in [0.25, 0.3) is 0 Å². The molecule has 0 fully saturated rings. The lowest BCUT2D eigenvalue weighted by atomic mass is 10.0. The Labute approximate surface area is 129 Å². The number of ketones is 1. The highest BCUT2D eigenvalue weighted by molar-refractivity contribution is 9.11. The fourth-order valence-corrected chi connectivity index (χ4v) is 3.05. The number of carbonyl (C=O) groups is 1. The van der Waals surface area contributed by atoms with Gasteiger partial charge in [-0.25, -0.2) is 0 Å². The molecule has 0 saturated carbocycles. The Bertz CT molecular complexity index is 636. The molecule has 0 radical (unpaired) electrons. The number of ether oxygens (including phenoxy) is 1. The summed E-state index contributed by atoms with van der Waals surface area (Å²) in [6.45, 7) is 1.95. The van der Waals surface area contributed by atoms with Gasteiger partial charge >= 0.3 is 0 Å². The zero-order valence-corrected chi connectivity index (χ0v) is 13.7. The quantitative estimate of drug-likeness (QED) is 0.714. The summed E-state index contributed by atoms with van der Waals surface area (Å²) in [5, 5.41) is 0. The predicted octanol–water partition coefficient (Wildman–Crippen LogP) is 4.76. The molecule has 2 rings (SSSR count). The lowest BCUT2D eigenvalue weighted by Crippen LogP contribution is -2.05. The molecule has 0 saturated heterocycles. The molecule has 0 heterocycles. The minimum atomic E-state index is -0.0556. The van der Waals surface area contributed by atoms with Crippen molar-refractivity contribution in [1.82, 2.24) is 0 Å². The number of benzene rings is 2. The molecule has 2 aromatic rings. The van der Waals surface area contributed by atoms with Crippen molar-refractivity contribution in [1.29, 1.82) is 0 Å². The van der Waals surface area contributed by atoms with Crippen LogP contribution in [0.1, 0.15) is 21.5 Å². The number of carbonyl (C=O) groups excluding carboxylic acids is 1. The second kappa shape index (κ2) is 5.88. The maximum atomic E-state index is 12.6. The Morgan fingerprint density at radius 2 is 1.79 bits per heavy atom. The van der Waals surface area contributed by atoms with Gasteiger partial charge in [-0.1, -0.05) is 27.6 Å². The monoisotopic (exact) mass is 382 g/mol. The van der Waals surface area contributed by atoms with Gasteiger partial charge in [0.25, 0.3) is 0 Å². The van der Waals surface area contributed by atoms with Crippen molar-refractivity contribution in [3.63, 3.8) is 0 Å². The maximum absolute atomic E-state index is 12.6.